The van der Waals surface area contributed by atoms with Crippen molar-refractivity contribution in [3.05, 3.63) is 63.7 Å². The first-order valence-electron chi connectivity index (χ1n) is 7.49. The Morgan fingerprint density at radius 2 is 1.96 bits per heavy atom. The van der Waals surface area contributed by atoms with E-state index < -0.39 is 28.7 Å². The summed E-state index contributed by atoms with van der Waals surface area (Å²) in [5.74, 6) is -1.12. The molecule has 0 saturated heterocycles. The third kappa shape index (κ3) is 5.75. The number of anilines is 1. The summed E-state index contributed by atoms with van der Waals surface area (Å²) in [7, 11) is 0. The highest BCUT2D eigenvalue weighted by Gasteiger charge is 2.18. The van der Waals surface area contributed by atoms with E-state index in [9.17, 15) is 19.7 Å². The van der Waals surface area contributed by atoms with Gasteiger partial charge in [0.1, 0.15) is 5.25 Å². The van der Waals surface area contributed by atoms with E-state index in [2.05, 4.69) is 5.32 Å². The van der Waals surface area contributed by atoms with Gasteiger partial charge in [0, 0.05) is 17.0 Å². The molecule has 1 amide bonds. The second-order valence-electron chi connectivity index (χ2n) is 5.15. The smallest absolute Gasteiger partial charge is 0.319 e. The molecule has 0 aromatic heterocycles. The van der Waals surface area contributed by atoms with Gasteiger partial charge < -0.3 is 10.1 Å². The van der Waals surface area contributed by atoms with E-state index in [-0.39, 0.29) is 16.4 Å². The summed E-state index contributed by atoms with van der Waals surface area (Å²) in [5, 5.41) is 12.6. The Labute approximate surface area is 158 Å². The quantitative estimate of drug-likeness (QED) is 0.331. The number of nitro groups is 1. The molecule has 2 aromatic carbocycles. The topological polar surface area (TPSA) is 98.5 Å². The molecule has 2 aromatic rings. The van der Waals surface area contributed by atoms with Crippen molar-refractivity contribution in [3.8, 4) is 0 Å². The van der Waals surface area contributed by atoms with Crippen LogP contribution in [-0.4, -0.2) is 28.7 Å². The van der Waals surface area contributed by atoms with E-state index in [1.165, 1.54) is 23.9 Å². The molecule has 26 heavy (non-hydrogen) atoms. The lowest BCUT2D eigenvalue weighted by Crippen LogP contribution is -2.24. The van der Waals surface area contributed by atoms with Crippen molar-refractivity contribution < 1.29 is 19.2 Å². The molecule has 0 aliphatic rings. The zero-order valence-electron chi connectivity index (χ0n) is 13.7. The number of hydrogen-bond acceptors (Lipinski definition) is 6. The fourth-order valence-corrected chi connectivity index (χ4v) is 3.02. The van der Waals surface area contributed by atoms with Crippen LogP contribution in [0, 0.1) is 10.1 Å². The van der Waals surface area contributed by atoms with Gasteiger partial charge in [-0.05, 0) is 25.1 Å². The van der Waals surface area contributed by atoms with E-state index in [1.54, 1.807) is 6.92 Å². The van der Waals surface area contributed by atoms with Crippen LogP contribution in [0.2, 0.25) is 5.02 Å². The van der Waals surface area contributed by atoms with Crippen molar-refractivity contribution in [3.63, 3.8) is 0 Å². The molecular formula is C17H15ClN2O5S. The Balaban J connectivity index is 1.84. The number of benzene rings is 2. The fraction of sp³-hybridized carbons (Fsp3) is 0.176. The number of hydrogen-bond donors (Lipinski definition) is 1. The number of rotatable bonds is 7. The van der Waals surface area contributed by atoms with Crippen LogP contribution >= 0.6 is 23.4 Å². The minimum absolute atomic E-state index is 0.0203. The number of nitrogens with one attached hydrogen (secondary N) is 1. The molecule has 7 nitrogen and oxygen atoms in total. The van der Waals surface area contributed by atoms with Crippen LogP contribution in [0.3, 0.4) is 0 Å². The molecule has 0 fully saturated rings. The lowest BCUT2D eigenvalue weighted by Gasteiger charge is -2.12. The van der Waals surface area contributed by atoms with Crippen molar-refractivity contribution in [2.24, 2.45) is 0 Å². The largest absolute Gasteiger partial charge is 0.455 e. The molecule has 0 bridgehead atoms. The molecule has 9 heteroatoms. The second-order valence-corrected chi connectivity index (χ2v) is 6.97. The van der Waals surface area contributed by atoms with E-state index in [4.69, 9.17) is 16.3 Å². The minimum atomic E-state index is -0.592. The molecule has 1 atom stereocenters. The number of carbonyl (C=O) groups excluding carboxylic acids is 2. The van der Waals surface area contributed by atoms with Crippen molar-refractivity contribution in [2.75, 3.05) is 11.9 Å². The third-order valence-corrected chi connectivity index (χ3v) is 4.57. The number of nitro benzene ring substituents is 1. The van der Waals surface area contributed by atoms with Crippen LogP contribution in [0.4, 0.5) is 11.4 Å². The van der Waals surface area contributed by atoms with Crippen molar-refractivity contribution in [2.45, 2.75) is 17.1 Å². The summed E-state index contributed by atoms with van der Waals surface area (Å²) in [4.78, 5) is 34.8. The summed E-state index contributed by atoms with van der Waals surface area (Å²) in [6, 6.07) is 13.0. The van der Waals surface area contributed by atoms with Crippen LogP contribution in [0.1, 0.15) is 6.92 Å². The van der Waals surface area contributed by atoms with Crippen LogP contribution < -0.4 is 5.32 Å². The zero-order chi connectivity index (χ0) is 19.1. The summed E-state index contributed by atoms with van der Waals surface area (Å²) in [6.07, 6.45) is 0. The summed E-state index contributed by atoms with van der Waals surface area (Å²) < 4.78 is 4.99. The number of nitrogens with zero attached hydrogens (tertiary/aromatic N) is 1. The van der Waals surface area contributed by atoms with Crippen LogP contribution in [-0.2, 0) is 14.3 Å². The maximum Gasteiger partial charge on any atom is 0.319 e. The Hall–Kier alpha value is -2.58. The molecule has 0 heterocycles. The van der Waals surface area contributed by atoms with Gasteiger partial charge in [0.2, 0.25) is 0 Å². The van der Waals surface area contributed by atoms with Gasteiger partial charge in [-0.2, -0.15) is 0 Å². The van der Waals surface area contributed by atoms with E-state index in [0.29, 0.717) is 0 Å². The summed E-state index contributed by atoms with van der Waals surface area (Å²) in [5.41, 5.74) is 0.0104. The number of non-ortho nitro benzene ring substituents is 1. The average molecular weight is 395 g/mol. The maximum atomic E-state index is 12.0. The molecule has 136 valence electrons. The first kappa shape index (κ1) is 19.7. The molecule has 2 rings (SSSR count). The molecule has 0 radical (unpaired) electrons. The van der Waals surface area contributed by atoms with Crippen molar-refractivity contribution in [1.29, 1.82) is 0 Å². The number of amides is 1. The lowest BCUT2D eigenvalue weighted by molar-refractivity contribution is -0.384. The first-order chi connectivity index (χ1) is 12.4. The number of halogens is 1. The summed E-state index contributed by atoms with van der Waals surface area (Å²) in [6.45, 7) is 1.21. The molecule has 0 aliphatic carbocycles. The maximum absolute atomic E-state index is 12.0. The minimum Gasteiger partial charge on any atom is -0.455 e. The normalized spacial score (nSPS) is 11.5. The monoisotopic (exact) mass is 394 g/mol. The highest BCUT2D eigenvalue weighted by Crippen LogP contribution is 2.27. The lowest BCUT2D eigenvalue weighted by atomic mass is 10.3. The Morgan fingerprint density at radius 1 is 1.27 bits per heavy atom. The number of carbonyl (C=O) groups is 2. The molecule has 0 saturated carbocycles. The highest BCUT2D eigenvalue weighted by atomic mass is 35.5. The second kappa shape index (κ2) is 9.21. The Morgan fingerprint density at radius 3 is 2.58 bits per heavy atom. The highest BCUT2D eigenvalue weighted by molar-refractivity contribution is 8.00. The Bertz CT molecular complexity index is 816. The fourth-order valence-electron chi connectivity index (χ4n) is 1.91. The van der Waals surface area contributed by atoms with Crippen LogP contribution in [0.15, 0.2) is 53.4 Å². The van der Waals surface area contributed by atoms with Crippen LogP contribution in [0.5, 0.6) is 0 Å². The number of thioether (sulfide) groups is 1. The van der Waals surface area contributed by atoms with Gasteiger partial charge in [0.25, 0.3) is 11.6 Å². The van der Waals surface area contributed by atoms with Crippen LogP contribution in [0.25, 0.3) is 0 Å². The van der Waals surface area contributed by atoms with Gasteiger partial charge in [-0.1, -0.05) is 29.8 Å². The molecule has 0 aliphatic heterocycles. The van der Waals surface area contributed by atoms with Gasteiger partial charge in [0.15, 0.2) is 6.61 Å². The molecule has 0 unspecified atom stereocenters. The van der Waals surface area contributed by atoms with Gasteiger partial charge in [-0.3, -0.25) is 19.7 Å². The van der Waals surface area contributed by atoms with E-state index in [0.717, 1.165) is 11.0 Å². The Kier molecular flexibility index (Phi) is 6.99. The molecule has 0 spiro atoms. The van der Waals surface area contributed by atoms with Crippen molar-refractivity contribution in [1.82, 2.24) is 0 Å². The van der Waals surface area contributed by atoms with Gasteiger partial charge in [-0.15, -0.1) is 11.8 Å². The van der Waals surface area contributed by atoms with Gasteiger partial charge in [0.05, 0.1) is 15.6 Å². The summed E-state index contributed by atoms with van der Waals surface area (Å²) >= 11 is 7.21. The predicted octanol–water partition coefficient (Wildman–Crippen LogP) is 3.91. The molecule has 1 N–H and O–H groups in total. The van der Waals surface area contributed by atoms with E-state index >= 15 is 0 Å². The first-order valence-corrected chi connectivity index (χ1v) is 8.74. The standard InChI is InChI=1S/C17H15ClN2O5S/c1-11(26-13-5-3-2-4-6-13)17(22)25-10-16(21)19-15-8-7-12(20(23)24)9-14(15)18/h2-9,11H,10H2,1H3,(H,19,21)/t11-/m0/s1. The average Bonchev–Trinajstić information content (AvgIpc) is 2.62. The predicted molar refractivity (Wildman–Crippen MR) is 99.5 cm³/mol. The molecular weight excluding hydrogens is 380 g/mol. The zero-order valence-corrected chi connectivity index (χ0v) is 15.3. The van der Waals surface area contributed by atoms with Gasteiger partial charge in [-0.25, -0.2) is 0 Å². The number of ether oxygens (including phenoxy) is 1. The number of esters is 1. The third-order valence-electron chi connectivity index (χ3n) is 3.17. The van der Waals surface area contributed by atoms with Crippen molar-refractivity contribution >= 4 is 46.6 Å². The van der Waals surface area contributed by atoms with Gasteiger partial charge >= 0.3 is 5.97 Å². The SMILES string of the molecule is C[C@H](Sc1ccccc1)C(=O)OCC(=O)Nc1ccc([N+](=O)[O-])cc1Cl. The van der Waals surface area contributed by atoms with E-state index in [1.807, 2.05) is 30.3 Å².